The molecule has 1 aliphatic heterocycles. The Morgan fingerprint density at radius 2 is 2.14 bits per heavy atom. The molecule has 1 saturated carbocycles. The molecule has 1 aromatic rings. The fourth-order valence-corrected chi connectivity index (χ4v) is 3.17. The first-order valence-electron chi connectivity index (χ1n) is 7.02. The molecule has 1 aliphatic carbocycles. The van der Waals surface area contributed by atoms with Crippen LogP contribution in [0.25, 0.3) is 6.08 Å². The van der Waals surface area contributed by atoms with E-state index in [9.17, 15) is 8.42 Å². The maximum Gasteiger partial charge on any atom is 0.246 e. The first kappa shape index (κ1) is 14.7. The molecule has 8 heteroatoms. The van der Waals surface area contributed by atoms with E-state index in [4.69, 9.17) is 9.15 Å². The summed E-state index contributed by atoms with van der Waals surface area (Å²) in [5.41, 5.74) is 1.24. The number of nitrogens with zero attached hydrogens (tertiary/aromatic N) is 3. The van der Waals surface area contributed by atoms with Crippen molar-refractivity contribution in [2.45, 2.75) is 25.9 Å². The molecule has 2 heterocycles. The van der Waals surface area contributed by atoms with Gasteiger partial charge < -0.3 is 9.15 Å². The van der Waals surface area contributed by atoms with Crippen molar-refractivity contribution >= 4 is 16.1 Å². The fraction of sp³-hybridized carbons (Fsp3) is 0.692. The van der Waals surface area contributed by atoms with Crippen LogP contribution in [0.3, 0.4) is 0 Å². The SMILES string of the molecule is C/C(=C/c1nnc([C@@H]2CN(S(C)(=O)=O)CCO2)o1)C1CC1. The first-order valence-corrected chi connectivity index (χ1v) is 8.86. The van der Waals surface area contributed by atoms with Crippen molar-refractivity contribution in [1.82, 2.24) is 14.5 Å². The van der Waals surface area contributed by atoms with Gasteiger partial charge in [0.05, 0.1) is 12.9 Å². The lowest BCUT2D eigenvalue weighted by molar-refractivity contribution is -0.0172. The molecule has 0 aromatic carbocycles. The van der Waals surface area contributed by atoms with Crippen LogP contribution in [0.5, 0.6) is 0 Å². The Morgan fingerprint density at radius 1 is 1.38 bits per heavy atom. The lowest BCUT2D eigenvalue weighted by Gasteiger charge is -2.29. The summed E-state index contributed by atoms with van der Waals surface area (Å²) in [4.78, 5) is 0. The largest absolute Gasteiger partial charge is 0.418 e. The van der Waals surface area contributed by atoms with Gasteiger partial charge in [0.1, 0.15) is 6.10 Å². The second kappa shape index (κ2) is 5.51. The summed E-state index contributed by atoms with van der Waals surface area (Å²) in [7, 11) is -3.23. The van der Waals surface area contributed by atoms with Gasteiger partial charge >= 0.3 is 0 Å². The highest BCUT2D eigenvalue weighted by Gasteiger charge is 2.31. The molecule has 0 amide bonds. The number of hydrogen-bond donors (Lipinski definition) is 0. The van der Waals surface area contributed by atoms with E-state index in [0.29, 0.717) is 30.9 Å². The molecule has 2 aliphatic rings. The zero-order valence-electron chi connectivity index (χ0n) is 12.2. The van der Waals surface area contributed by atoms with Crippen LogP contribution >= 0.6 is 0 Å². The van der Waals surface area contributed by atoms with Crippen molar-refractivity contribution in [2.24, 2.45) is 5.92 Å². The van der Waals surface area contributed by atoms with Gasteiger partial charge in [-0.15, -0.1) is 10.2 Å². The van der Waals surface area contributed by atoms with Gasteiger partial charge in [-0.2, -0.15) is 4.31 Å². The highest BCUT2D eigenvalue weighted by molar-refractivity contribution is 7.88. The Morgan fingerprint density at radius 3 is 2.81 bits per heavy atom. The van der Waals surface area contributed by atoms with Crippen molar-refractivity contribution in [3.63, 3.8) is 0 Å². The number of sulfonamides is 1. The minimum absolute atomic E-state index is 0.214. The third kappa shape index (κ3) is 3.50. The van der Waals surface area contributed by atoms with E-state index in [1.807, 2.05) is 6.08 Å². The average Bonchev–Trinajstić information content (AvgIpc) is 3.19. The van der Waals surface area contributed by atoms with Gasteiger partial charge in [-0.25, -0.2) is 8.42 Å². The zero-order chi connectivity index (χ0) is 15.0. The van der Waals surface area contributed by atoms with Crippen LogP contribution in [-0.2, 0) is 14.8 Å². The first-order chi connectivity index (χ1) is 9.93. The van der Waals surface area contributed by atoms with Gasteiger partial charge in [-0.3, -0.25) is 0 Å². The molecular formula is C13H19N3O4S. The van der Waals surface area contributed by atoms with Crippen LogP contribution in [0, 0.1) is 5.92 Å². The van der Waals surface area contributed by atoms with Crippen molar-refractivity contribution < 1.29 is 17.6 Å². The lowest BCUT2D eigenvalue weighted by Crippen LogP contribution is -2.41. The van der Waals surface area contributed by atoms with Gasteiger partial charge in [-0.05, 0) is 25.7 Å². The van der Waals surface area contributed by atoms with E-state index >= 15 is 0 Å². The Labute approximate surface area is 124 Å². The number of rotatable bonds is 4. The number of hydrogen-bond acceptors (Lipinski definition) is 6. The number of allylic oxidation sites excluding steroid dienone is 1. The molecule has 7 nitrogen and oxygen atoms in total. The summed E-state index contributed by atoms with van der Waals surface area (Å²) in [5, 5.41) is 7.97. The topological polar surface area (TPSA) is 85.5 Å². The van der Waals surface area contributed by atoms with E-state index in [2.05, 4.69) is 17.1 Å². The van der Waals surface area contributed by atoms with E-state index in [0.717, 1.165) is 0 Å². The van der Waals surface area contributed by atoms with Crippen LogP contribution in [0.15, 0.2) is 9.99 Å². The van der Waals surface area contributed by atoms with Crippen LogP contribution in [-0.4, -0.2) is 48.9 Å². The summed E-state index contributed by atoms with van der Waals surface area (Å²) in [6.45, 7) is 2.96. The maximum absolute atomic E-state index is 11.6. The zero-order valence-corrected chi connectivity index (χ0v) is 13.0. The van der Waals surface area contributed by atoms with E-state index in [1.165, 1.54) is 29.0 Å². The van der Waals surface area contributed by atoms with Crippen molar-refractivity contribution in [3.8, 4) is 0 Å². The minimum Gasteiger partial charge on any atom is -0.418 e. The predicted molar refractivity (Wildman–Crippen MR) is 75.8 cm³/mol. The second-order valence-electron chi connectivity index (χ2n) is 5.62. The summed E-state index contributed by atoms with van der Waals surface area (Å²) < 4.78 is 35.7. The lowest BCUT2D eigenvalue weighted by atomic mass is 10.2. The van der Waals surface area contributed by atoms with E-state index in [-0.39, 0.29) is 6.54 Å². The summed E-state index contributed by atoms with van der Waals surface area (Å²) in [6.07, 6.45) is 5.03. The highest BCUT2D eigenvalue weighted by atomic mass is 32.2. The molecule has 2 fully saturated rings. The molecule has 0 radical (unpaired) electrons. The molecule has 116 valence electrons. The predicted octanol–water partition coefficient (Wildman–Crippen LogP) is 1.22. The number of ether oxygens (including phenoxy) is 1. The molecular weight excluding hydrogens is 294 g/mol. The Kier molecular flexibility index (Phi) is 3.85. The van der Waals surface area contributed by atoms with Crippen LogP contribution in [0.4, 0.5) is 0 Å². The third-order valence-corrected chi connectivity index (χ3v) is 5.07. The Balaban J connectivity index is 1.72. The van der Waals surface area contributed by atoms with Crippen LogP contribution in [0.2, 0.25) is 0 Å². The number of aromatic nitrogens is 2. The van der Waals surface area contributed by atoms with E-state index in [1.54, 1.807) is 0 Å². The minimum atomic E-state index is -3.23. The molecule has 0 N–H and O–H groups in total. The Hall–Kier alpha value is -1.25. The van der Waals surface area contributed by atoms with Gasteiger partial charge in [-0.1, -0.05) is 5.57 Å². The van der Waals surface area contributed by atoms with Crippen molar-refractivity contribution in [3.05, 3.63) is 17.4 Å². The van der Waals surface area contributed by atoms with E-state index < -0.39 is 16.1 Å². The van der Waals surface area contributed by atoms with Gasteiger partial charge in [0.2, 0.25) is 21.8 Å². The fourth-order valence-electron chi connectivity index (χ4n) is 2.36. The van der Waals surface area contributed by atoms with Gasteiger partial charge in [0.25, 0.3) is 0 Å². The monoisotopic (exact) mass is 313 g/mol. The standard InChI is InChI=1S/C13H19N3O4S/c1-9(10-3-4-10)7-12-14-15-13(20-12)11-8-16(5-6-19-11)21(2,17)18/h7,10-11H,3-6,8H2,1-2H3/b9-7-/t11-/m0/s1. The van der Waals surface area contributed by atoms with Crippen molar-refractivity contribution in [2.75, 3.05) is 26.0 Å². The van der Waals surface area contributed by atoms with Gasteiger partial charge in [0, 0.05) is 19.2 Å². The molecule has 1 atom stereocenters. The molecule has 3 rings (SSSR count). The highest BCUT2D eigenvalue weighted by Crippen LogP contribution is 2.37. The molecule has 0 unspecified atom stereocenters. The summed E-state index contributed by atoms with van der Waals surface area (Å²) >= 11 is 0. The summed E-state index contributed by atoms with van der Waals surface area (Å²) in [6, 6.07) is 0. The quantitative estimate of drug-likeness (QED) is 0.830. The molecule has 1 aromatic heterocycles. The molecule has 21 heavy (non-hydrogen) atoms. The van der Waals surface area contributed by atoms with Crippen molar-refractivity contribution in [1.29, 1.82) is 0 Å². The van der Waals surface area contributed by atoms with Crippen LogP contribution in [0.1, 0.15) is 37.7 Å². The second-order valence-corrected chi connectivity index (χ2v) is 7.60. The maximum atomic E-state index is 11.6. The Bertz CT molecular complexity index is 648. The average molecular weight is 313 g/mol. The third-order valence-electron chi connectivity index (χ3n) is 3.80. The molecule has 0 spiro atoms. The normalized spacial score (nSPS) is 25.2. The molecule has 1 saturated heterocycles. The van der Waals surface area contributed by atoms with Gasteiger partial charge in [0.15, 0.2) is 0 Å². The summed E-state index contributed by atoms with van der Waals surface area (Å²) in [5.74, 6) is 1.43. The number of morpholine rings is 1. The molecule has 0 bridgehead atoms. The smallest absolute Gasteiger partial charge is 0.246 e. The van der Waals surface area contributed by atoms with Crippen LogP contribution < -0.4 is 0 Å².